The van der Waals surface area contributed by atoms with Crippen LogP contribution in [0.25, 0.3) is 0 Å². The second kappa shape index (κ2) is 13.5. The largest absolute Gasteiger partial charge is 0.484 e. The van der Waals surface area contributed by atoms with Crippen LogP contribution in [0.4, 0.5) is 0 Å². The van der Waals surface area contributed by atoms with Crippen molar-refractivity contribution in [1.82, 2.24) is 10.2 Å². The molecule has 0 aliphatic carbocycles. The van der Waals surface area contributed by atoms with Gasteiger partial charge in [-0.05, 0) is 47.4 Å². The second-order valence-electron chi connectivity index (χ2n) is 8.86. The van der Waals surface area contributed by atoms with Crippen LogP contribution < -0.4 is 10.1 Å². The number of nitrogens with one attached hydrogen (secondary N) is 1. The lowest BCUT2D eigenvalue weighted by molar-refractivity contribution is -0.142. The van der Waals surface area contributed by atoms with Crippen molar-refractivity contribution < 1.29 is 14.3 Å². The molecule has 0 aliphatic heterocycles. The molecule has 190 valence electrons. The van der Waals surface area contributed by atoms with Gasteiger partial charge in [0.25, 0.3) is 5.91 Å². The first-order chi connectivity index (χ1) is 17.2. The van der Waals surface area contributed by atoms with Gasteiger partial charge in [-0.3, -0.25) is 9.59 Å². The normalized spacial score (nSPS) is 11.7. The molecule has 3 aromatic carbocycles. The van der Waals surface area contributed by atoms with Crippen molar-refractivity contribution in [1.29, 1.82) is 0 Å². The fraction of sp³-hybridized carbons (Fsp3) is 0.286. The van der Waals surface area contributed by atoms with Crippen LogP contribution in [0.5, 0.6) is 5.75 Å². The van der Waals surface area contributed by atoms with Crippen LogP contribution in [0.1, 0.15) is 25.0 Å². The maximum absolute atomic E-state index is 13.6. The summed E-state index contributed by atoms with van der Waals surface area (Å²) in [6.07, 6.45) is 0.342. The maximum atomic E-state index is 13.6. The second-order valence-corrected chi connectivity index (χ2v) is 10.1. The fourth-order valence-corrected chi connectivity index (χ4v) is 4.10. The van der Waals surface area contributed by atoms with Crippen molar-refractivity contribution in [2.75, 3.05) is 13.2 Å². The van der Waals surface area contributed by atoms with E-state index in [9.17, 15) is 9.59 Å². The molecule has 1 atom stereocenters. The Bertz CT molecular complexity index is 1170. The molecule has 0 heterocycles. The summed E-state index contributed by atoms with van der Waals surface area (Å²) in [6.45, 7) is 4.43. The molecule has 0 spiro atoms. The summed E-state index contributed by atoms with van der Waals surface area (Å²) in [5.74, 6) is 0.149. The predicted octanol–water partition coefficient (Wildman–Crippen LogP) is 6.44. The average Bonchev–Trinajstić information content (AvgIpc) is 2.86. The summed E-state index contributed by atoms with van der Waals surface area (Å²) in [4.78, 5) is 28.5. The van der Waals surface area contributed by atoms with E-state index >= 15 is 0 Å². The molecule has 0 saturated heterocycles. The zero-order valence-corrected chi connectivity index (χ0v) is 22.5. The van der Waals surface area contributed by atoms with Crippen molar-refractivity contribution in [3.63, 3.8) is 0 Å². The van der Waals surface area contributed by atoms with Gasteiger partial charge in [-0.1, -0.05) is 91.1 Å². The van der Waals surface area contributed by atoms with E-state index in [-0.39, 0.29) is 30.9 Å². The minimum absolute atomic E-state index is 0.154. The van der Waals surface area contributed by atoms with Crippen molar-refractivity contribution in [3.05, 3.63) is 99.0 Å². The van der Waals surface area contributed by atoms with E-state index in [1.165, 1.54) is 4.90 Å². The van der Waals surface area contributed by atoms with Crippen LogP contribution in [0, 0.1) is 5.92 Å². The Kier molecular flexibility index (Phi) is 10.5. The lowest BCUT2D eigenvalue weighted by atomic mass is 10.0. The molecule has 8 heteroatoms. The molecule has 3 aromatic rings. The summed E-state index contributed by atoms with van der Waals surface area (Å²) in [6, 6.07) is 20.8. The van der Waals surface area contributed by atoms with Crippen molar-refractivity contribution in [3.8, 4) is 5.75 Å². The number of rotatable bonds is 11. The number of amides is 2. The summed E-state index contributed by atoms with van der Waals surface area (Å²) in [5, 5.41) is 4.28. The minimum Gasteiger partial charge on any atom is -0.484 e. The number of hydrogen-bond acceptors (Lipinski definition) is 3. The molecule has 0 bridgehead atoms. The maximum Gasteiger partial charge on any atom is 0.261 e. The van der Waals surface area contributed by atoms with Gasteiger partial charge in [0.15, 0.2) is 6.61 Å². The molecule has 0 fully saturated rings. The van der Waals surface area contributed by atoms with Gasteiger partial charge in [0.2, 0.25) is 5.91 Å². The fourth-order valence-electron chi connectivity index (χ4n) is 3.60. The van der Waals surface area contributed by atoms with Crippen molar-refractivity contribution in [2.45, 2.75) is 32.9 Å². The highest BCUT2D eigenvalue weighted by atomic mass is 35.5. The highest BCUT2D eigenvalue weighted by Crippen LogP contribution is 2.25. The Hall–Kier alpha value is -2.73. The molecular weight excluding hydrogens is 519 g/mol. The van der Waals surface area contributed by atoms with Crippen molar-refractivity contribution >= 4 is 46.6 Å². The highest BCUT2D eigenvalue weighted by Gasteiger charge is 2.31. The average molecular weight is 548 g/mol. The standard InChI is InChI=1S/C28H29Cl3N2O3/c1-19(2)16-32-28(35)26(14-20-7-4-3-5-8-20)33(17-21-11-12-24(30)25(31)13-21)27(34)18-36-23-10-6-9-22(29)15-23/h3-13,15,19,26H,14,16-18H2,1-2H3,(H,32,35)/t26-/m0/s1. The molecule has 0 saturated carbocycles. The van der Waals surface area contributed by atoms with Gasteiger partial charge in [-0.2, -0.15) is 0 Å². The van der Waals surface area contributed by atoms with Gasteiger partial charge >= 0.3 is 0 Å². The Morgan fingerprint density at radius 1 is 0.889 bits per heavy atom. The lowest BCUT2D eigenvalue weighted by Crippen LogP contribution is -2.52. The Balaban J connectivity index is 1.92. The summed E-state index contributed by atoms with van der Waals surface area (Å²) >= 11 is 18.4. The molecule has 0 aliphatic rings. The summed E-state index contributed by atoms with van der Waals surface area (Å²) in [7, 11) is 0. The molecule has 36 heavy (non-hydrogen) atoms. The van der Waals surface area contributed by atoms with E-state index in [0.717, 1.165) is 11.1 Å². The van der Waals surface area contributed by atoms with Crippen LogP contribution in [0.2, 0.25) is 15.1 Å². The van der Waals surface area contributed by atoms with Crippen LogP contribution in [0.3, 0.4) is 0 Å². The van der Waals surface area contributed by atoms with E-state index < -0.39 is 6.04 Å². The molecule has 0 aromatic heterocycles. The zero-order valence-electron chi connectivity index (χ0n) is 20.2. The van der Waals surface area contributed by atoms with Gasteiger partial charge < -0.3 is 15.0 Å². The monoisotopic (exact) mass is 546 g/mol. The Labute approximate surface area is 227 Å². The van der Waals surface area contributed by atoms with Crippen LogP contribution in [-0.4, -0.2) is 35.9 Å². The molecule has 0 radical (unpaired) electrons. The Morgan fingerprint density at radius 2 is 1.64 bits per heavy atom. The van der Waals surface area contributed by atoms with E-state index in [1.54, 1.807) is 42.5 Å². The van der Waals surface area contributed by atoms with Gasteiger partial charge in [0.1, 0.15) is 11.8 Å². The lowest BCUT2D eigenvalue weighted by Gasteiger charge is -2.31. The summed E-state index contributed by atoms with van der Waals surface area (Å²) in [5.41, 5.74) is 1.68. The van der Waals surface area contributed by atoms with Gasteiger partial charge in [0.05, 0.1) is 10.0 Å². The van der Waals surface area contributed by atoms with Crippen LogP contribution in [0.15, 0.2) is 72.8 Å². The zero-order chi connectivity index (χ0) is 26.1. The molecule has 0 unspecified atom stereocenters. The highest BCUT2D eigenvalue weighted by molar-refractivity contribution is 6.42. The first-order valence-electron chi connectivity index (χ1n) is 11.7. The first kappa shape index (κ1) is 27.9. The number of carbonyl (C=O) groups excluding carboxylic acids is 2. The number of ether oxygens (including phenoxy) is 1. The third-order valence-corrected chi connectivity index (χ3v) is 6.43. The van der Waals surface area contributed by atoms with Gasteiger partial charge in [-0.15, -0.1) is 0 Å². The summed E-state index contributed by atoms with van der Waals surface area (Å²) < 4.78 is 5.73. The van der Waals surface area contributed by atoms with Crippen LogP contribution >= 0.6 is 34.8 Å². The van der Waals surface area contributed by atoms with Gasteiger partial charge in [-0.25, -0.2) is 0 Å². The van der Waals surface area contributed by atoms with E-state index in [0.29, 0.717) is 33.8 Å². The number of hydrogen-bond donors (Lipinski definition) is 1. The molecular formula is C28H29Cl3N2O3. The number of halogens is 3. The smallest absolute Gasteiger partial charge is 0.261 e. The number of nitrogens with zero attached hydrogens (tertiary/aromatic N) is 1. The van der Waals surface area contributed by atoms with Crippen LogP contribution in [-0.2, 0) is 22.6 Å². The predicted molar refractivity (Wildman–Crippen MR) is 146 cm³/mol. The third-order valence-electron chi connectivity index (χ3n) is 5.45. The molecule has 1 N–H and O–H groups in total. The number of benzene rings is 3. The topological polar surface area (TPSA) is 58.6 Å². The third kappa shape index (κ3) is 8.44. The van der Waals surface area contributed by atoms with E-state index in [1.807, 2.05) is 44.2 Å². The van der Waals surface area contributed by atoms with E-state index in [4.69, 9.17) is 39.5 Å². The minimum atomic E-state index is -0.768. The van der Waals surface area contributed by atoms with Gasteiger partial charge in [0, 0.05) is 24.5 Å². The van der Waals surface area contributed by atoms with E-state index in [2.05, 4.69) is 5.32 Å². The molecule has 3 rings (SSSR count). The SMILES string of the molecule is CC(C)CNC(=O)[C@H](Cc1ccccc1)N(Cc1ccc(Cl)c(Cl)c1)C(=O)COc1cccc(Cl)c1. The quantitative estimate of drug-likeness (QED) is 0.301. The number of carbonyl (C=O) groups is 2. The molecule has 2 amide bonds. The van der Waals surface area contributed by atoms with Crippen molar-refractivity contribution in [2.24, 2.45) is 5.92 Å². The first-order valence-corrected chi connectivity index (χ1v) is 12.8. The Morgan fingerprint density at radius 3 is 2.31 bits per heavy atom. The molecule has 5 nitrogen and oxygen atoms in total.